The summed E-state index contributed by atoms with van der Waals surface area (Å²) < 4.78 is 0. The maximum absolute atomic E-state index is 5.04. The van der Waals surface area contributed by atoms with Crippen LogP contribution >= 0.6 is 0 Å². The molecule has 2 rings (SSSR count). The molecule has 0 spiro atoms. The van der Waals surface area contributed by atoms with Crippen LogP contribution in [0.3, 0.4) is 0 Å². The highest BCUT2D eigenvalue weighted by atomic mass is 16.8. The van der Waals surface area contributed by atoms with Gasteiger partial charge < -0.3 is 0 Å². The van der Waals surface area contributed by atoms with Crippen LogP contribution in [0, 0.1) is 11.6 Å². The van der Waals surface area contributed by atoms with Crippen molar-refractivity contribution in [3.05, 3.63) is 6.23 Å². The smallest absolute Gasteiger partial charge is 0.211 e. The van der Waals surface area contributed by atoms with E-state index in [1.54, 1.807) is 0 Å². The lowest BCUT2D eigenvalue weighted by molar-refractivity contribution is 0.130. The van der Waals surface area contributed by atoms with Gasteiger partial charge in [-0.1, -0.05) is 13.8 Å². The SMILES string of the molecule is CC1(C)C[C]2ON2C1. The molecule has 2 heteroatoms. The Morgan fingerprint density at radius 2 is 2.38 bits per heavy atom. The molecule has 0 saturated carbocycles. The second-order valence-corrected chi connectivity index (χ2v) is 3.36. The van der Waals surface area contributed by atoms with Crippen LogP contribution in [0.1, 0.15) is 20.3 Å². The van der Waals surface area contributed by atoms with Crippen molar-refractivity contribution in [3.63, 3.8) is 0 Å². The molecule has 45 valence electrons. The van der Waals surface area contributed by atoms with Crippen LogP contribution in [0.2, 0.25) is 0 Å². The first kappa shape index (κ1) is 4.77. The van der Waals surface area contributed by atoms with Crippen molar-refractivity contribution in [2.75, 3.05) is 6.54 Å². The molecule has 8 heavy (non-hydrogen) atoms. The Morgan fingerprint density at radius 3 is 2.62 bits per heavy atom. The zero-order valence-corrected chi connectivity index (χ0v) is 5.27. The second-order valence-electron chi connectivity index (χ2n) is 3.36. The molecule has 1 atom stereocenters. The Balaban J connectivity index is 2.08. The fourth-order valence-corrected chi connectivity index (χ4v) is 1.20. The van der Waals surface area contributed by atoms with Crippen LogP contribution in [0.25, 0.3) is 0 Å². The molecule has 0 aromatic carbocycles. The van der Waals surface area contributed by atoms with E-state index in [9.17, 15) is 0 Å². The summed E-state index contributed by atoms with van der Waals surface area (Å²) in [5, 5.41) is 1.97. The highest BCUT2D eigenvalue weighted by Gasteiger charge is 2.51. The van der Waals surface area contributed by atoms with Crippen LogP contribution < -0.4 is 0 Å². The molecule has 2 saturated heterocycles. The molecule has 2 heterocycles. The van der Waals surface area contributed by atoms with E-state index in [1.807, 2.05) is 5.06 Å². The molecule has 1 unspecified atom stereocenters. The van der Waals surface area contributed by atoms with Crippen LogP contribution in [0.4, 0.5) is 0 Å². The summed E-state index contributed by atoms with van der Waals surface area (Å²) in [5.41, 5.74) is 0.480. The number of hydrogen-bond donors (Lipinski definition) is 0. The normalized spacial score (nSPS) is 42.0. The molecule has 1 radical (unpaired) electrons. The third-order valence-corrected chi connectivity index (χ3v) is 1.66. The summed E-state index contributed by atoms with van der Waals surface area (Å²) >= 11 is 0. The molecule has 0 N–H and O–H groups in total. The zero-order chi connectivity index (χ0) is 5.78. The van der Waals surface area contributed by atoms with E-state index in [1.165, 1.54) is 6.23 Å². The Labute approximate surface area is 49.4 Å². The fraction of sp³-hybridized carbons (Fsp3) is 0.833. The first-order valence-electron chi connectivity index (χ1n) is 2.99. The van der Waals surface area contributed by atoms with Gasteiger partial charge in [-0.05, 0) is 5.41 Å². The molecule has 0 amide bonds. The van der Waals surface area contributed by atoms with Gasteiger partial charge in [0.2, 0.25) is 6.23 Å². The molecule has 2 aliphatic heterocycles. The van der Waals surface area contributed by atoms with E-state index in [0.717, 1.165) is 13.0 Å². The van der Waals surface area contributed by atoms with Gasteiger partial charge in [0.15, 0.2) is 0 Å². The number of hydrogen-bond acceptors (Lipinski definition) is 2. The van der Waals surface area contributed by atoms with Crippen molar-refractivity contribution in [1.82, 2.24) is 5.06 Å². The Morgan fingerprint density at radius 1 is 1.62 bits per heavy atom. The standard InChI is InChI=1S/C6H10NO/c1-6(2)3-5-7(4-6)8-5/h3-4H2,1-2H3. The van der Waals surface area contributed by atoms with Gasteiger partial charge in [0.25, 0.3) is 0 Å². The highest BCUT2D eigenvalue weighted by Crippen LogP contribution is 2.48. The molecule has 0 aromatic rings. The van der Waals surface area contributed by atoms with Crippen molar-refractivity contribution in [2.45, 2.75) is 20.3 Å². The van der Waals surface area contributed by atoms with Crippen molar-refractivity contribution < 1.29 is 4.84 Å². The average Bonchev–Trinajstić information content (AvgIpc) is 2.11. The van der Waals surface area contributed by atoms with Crippen LogP contribution in [-0.4, -0.2) is 11.6 Å². The summed E-state index contributed by atoms with van der Waals surface area (Å²) in [6.07, 6.45) is 2.32. The lowest BCUT2D eigenvalue weighted by Crippen LogP contribution is -2.15. The van der Waals surface area contributed by atoms with Crippen molar-refractivity contribution in [3.8, 4) is 0 Å². The van der Waals surface area contributed by atoms with E-state index < -0.39 is 0 Å². The van der Waals surface area contributed by atoms with E-state index in [4.69, 9.17) is 4.84 Å². The molecule has 2 aliphatic rings. The lowest BCUT2D eigenvalue weighted by atomic mass is 9.92. The summed E-state index contributed by atoms with van der Waals surface area (Å²) in [4.78, 5) is 5.04. The number of fused-ring (bicyclic) bond motifs is 1. The first-order chi connectivity index (χ1) is 3.67. The van der Waals surface area contributed by atoms with Gasteiger partial charge in [0.1, 0.15) is 0 Å². The highest BCUT2D eigenvalue weighted by molar-refractivity contribution is 5.01. The Bertz CT molecular complexity index is 110. The monoisotopic (exact) mass is 112 g/mol. The van der Waals surface area contributed by atoms with Gasteiger partial charge in [-0.25, -0.2) is 0 Å². The molecule has 2 fully saturated rings. The van der Waals surface area contributed by atoms with Gasteiger partial charge in [-0.15, -0.1) is 5.06 Å². The number of nitrogens with zero attached hydrogens (tertiary/aromatic N) is 1. The van der Waals surface area contributed by atoms with Crippen LogP contribution in [0.5, 0.6) is 0 Å². The Kier molecular flexibility index (Phi) is 0.649. The van der Waals surface area contributed by atoms with Gasteiger partial charge in [-0.3, -0.25) is 4.84 Å². The van der Waals surface area contributed by atoms with Crippen molar-refractivity contribution in [2.24, 2.45) is 5.41 Å². The molecule has 0 aliphatic carbocycles. The third-order valence-electron chi connectivity index (χ3n) is 1.66. The minimum Gasteiger partial charge on any atom is -0.267 e. The lowest BCUT2D eigenvalue weighted by Gasteiger charge is -2.15. The number of hydroxylamine groups is 2. The van der Waals surface area contributed by atoms with Crippen LogP contribution in [-0.2, 0) is 4.84 Å². The summed E-state index contributed by atoms with van der Waals surface area (Å²) in [6, 6.07) is 0. The summed E-state index contributed by atoms with van der Waals surface area (Å²) in [6.45, 7) is 5.60. The van der Waals surface area contributed by atoms with E-state index in [2.05, 4.69) is 13.8 Å². The van der Waals surface area contributed by atoms with Crippen molar-refractivity contribution >= 4 is 0 Å². The molecular formula is C6H10NO. The maximum Gasteiger partial charge on any atom is 0.211 e. The second kappa shape index (κ2) is 1.09. The van der Waals surface area contributed by atoms with Gasteiger partial charge >= 0.3 is 0 Å². The number of rotatable bonds is 0. The van der Waals surface area contributed by atoms with Gasteiger partial charge in [0, 0.05) is 13.0 Å². The predicted octanol–water partition coefficient (Wildman–Crippen LogP) is 1.15. The topological polar surface area (TPSA) is 15.5 Å². The summed E-state index contributed by atoms with van der Waals surface area (Å²) in [5.74, 6) is 0. The predicted molar refractivity (Wildman–Crippen MR) is 29.4 cm³/mol. The van der Waals surface area contributed by atoms with Crippen LogP contribution in [0.15, 0.2) is 0 Å². The minimum absolute atomic E-state index is 0.480. The molecule has 2 nitrogen and oxygen atoms in total. The van der Waals surface area contributed by atoms with Crippen molar-refractivity contribution in [1.29, 1.82) is 0 Å². The largest absolute Gasteiger partial charge is 0.267 e. The van der Waals surface area contributed by atoms with Gasteiger partial charge in [0.05, 0.1) is 0 Å². The van der Waals surface area contributed by atoms with E-state index >= 15 is 0 Å². The minimum atomic E-state index is 0.480. The summed E-state index contributed by atoms with van der Waals surface area (Å²) in [7, 11) is 0. The first-order valence-corrected chi connectivity index (χ1v) is 2.99. The maximum atomic E-state index is 5.04. The fourth-order valence-electron chi connectivity index (χ4n) is 1.20. The molecular weight excluding hydrogens is 102 g/mol. The average molecular weight is 112 g/mol. The van der Waals surface area contributed by atoms with E-state index in [0.29, 0.717) is 5.41 Å². The molecule has 0 bridgehead atoms. The quantitative estimate of drug-likeness (QED) is 0.437. The van der Waals surface area contributed by atoms with E-state index in [-0.39, 0.29) is 0 Å². The molecule has 0 aromatic heterocycles. The van der Waals surface area contributed by atoms with Gasteiger partial charge in [-0.2, -0.15) is 0 Å². The Hall–Kier alpha value is -0.0800. The zero-order valence-electron chi connectivity index (χ0n) is 5.27. The third kappa shape index (κ3) is 0.565.